The van der Waals surface area contributed by atoms with E-state index in [4.69, 9.17) is 14.2 Å². The topological polar surface area (TPSA) is 69.2 Å². The molecule has 0 spiro atoms. The van der Waals surface area contributed by atoms with Crippen LogP contribution in [0.5, 0.6) is 17.2 Å². The monoisotopic (exact) mass is 494 g/mol. The molecule has 0 aromatic heterocycles. The first-order valence-electron chi connectivity index (χ1n) is 9.71. The summed E-state index contributed by atoms with van der Waals surface area (Å²) in [6.45, 7) is 0. The summed E-state index contributed by atoms with van der Waals surface area (Å²) in [5.74, 6) is 1.69. The lowest BCUT2D eigenvalue weighted by Crippen LogP contribution is -2.17. The van der Waals surface area contributed by atoms with Crippen LogP contribution >= 0.6 is 15.9 Å². The second-order valence-electron chi connectivity index (χ2n) is 6.65. The summed E-state index contributed by atoms with van der Waals surface area (Å²) in [5, 5.41) is 4.14. The summed E-state index contributed by atoms with van der Waals surface area (Å²) in [6.07, 6.45) is 5.46. The van der Waals surface area contributed by atoms with Crippen LogP contribution in [0.15, 0.2) is 70.2 Å². The molecule has 0 aliphatic heterocycles. The Morgan fingerprint density at radius 3 is 2.31 bits per heavy atom. The number of hydrogen-bond donors (Lipinski definition) is 1. The first kappa shape index (κ1) is 23.1. The molecule has 3 aromatic carbocycles. The van der Waals surface area contributed by atoms with Crippen molar-refractivity contribution < 1.29 is 19.0 Å². The second-order valence-corrected chi connectivity index (χ2v) is 7.56. The fourth-order valence-corrected chi connectivity index (χ4v) is 3.33. The molecule has 0 heterocycles. The van der Waals surface area contributed by atoms with Gasteiger partial charge in [-0.2, -0.15) is 5.10 Å². The minimum Gasteiger partial charge on any atom is -0.497 e. The molecule has 0 fully saturated rings. The van der Waals surface area contributed by atoms with E-state index >= 15 is 0 Å². The second kappa shape index (κ2) is 11.2. The minimum atomic E-state index is -0.314. The lowest BCUT2D eigenvalue weighted by atomic mass is 10.0. The zero-order valence-electron chi connectivity index (χ0n) is 18.0. The Morgan fingerprint density at radius 2 is 1.66 bits per heavy atom. The van der Waals surface area contributed by atoms with Crippen molar-refractivity contribution in [3.63, 3.8) is 0 Å². The third kappa shape index (κ3) is 5.98. The predicted octanol–water partition coefficient (Wildman–Crippen LogP) is 5.41. The summed E-state index contributed by atoms with van der Waals surface area (Å²) >= 11 is 3.36. The molecule has 3 rings (SSSR count). The van der Waals surface area contributed by atoms with E-state index in [9.17, 15) is 4.79 Å². The van der Waals surface area contributed by atoms with Gasteiger partial charge >= 0.3 is 0 Å². The molecule has 1 amide bonds. The van der Waals surface area contributed by atoms with Crippen LogP contribution in [0.4, 0.5) is 0 Å². The van der Waals surface area contributed by atoms with E-state index < -0.39 is 0 Å². The smallest absolute Gasteiger partial charge is 0.271 e. The summed E-state index contributed by atoms with van der Waals surface area (Å²) in [7, 11) is 4.80. The molecule has 0 aliphatic carbocycles. The quantitative estimate of drug-likeness (QED) is 0.258. The molecule has 7 heteroatoms. The van der Waals surface area contributed by atoms with Crippen LogP contribution in [0.25, 0.3) is 12.2 Å². The Morgan fingerprint density at radius 1 is 0.906 bits per heavy atom. The molecule has 0 atom stereocenters. The van der Waals surface area contributed by atoms with Crippen molar-refractivity contribution in [1.82, 2.24) is 5.43 Å². The summed E-state index contributed by atoms with van der Waals surface area (Å²) in [4.78, 5) is 12.4. The number of rotatable bonds is 8. The highest BCUT2D eigenvalue weighted by atomic mass is 79.9. The highest BCUT2D eigenvalue weighted by Gasteiger charge is 2.10. The van der Waals surface area contributed by atoms with Gasteiger partial charge in [0.2, 0.25) is 0 Å². The number of methoxy groups -OCH3 is 3. The maximum Gasteiger partial charge on any atom is 0.271 e. The van der Waals surface area contributed by atoms with Gasteiger partial charge in [0, 0.05) is 21.7 Å². The Labute approximate surface area is 195 Å². The number of nitrogens with one attached hydrogen (secondary N) is 1. The Kier molecular flexibility index (Phi) is 8.05. The molecule has 0 unspecified atom stereocenters. The fraction of sp³-hybridized carbons (Fsp3) is 0.120. The maximum absolute atomic E-state index is 12.4. The molecule has 32 heavy (non-hydrogen) atoms. The molecular weight excluding hydrogens is 472 g/mol. The van der Waals surface area contributed by atoms with Crippen LogP contribution in [-0.2, 0) is 0 Å². The van der Waals surface area contributed by atoms with Gasteiger partial charge in [-0.25, -0.2) is 5.43 Å². The van der Waals surface area contributed by atoms with E-state index in [1.54, 1.807) is 51.8 Å². The first-order chi connectivity index (χ1) is 15.5. The van der Waals surface area contributed by atoms with Crippen molar-refractivity contribution in [2.75, 3.05) is 21.3 Å². The van der Waals surface area contributed by atoms with Crippen molar-refractivity contribution in [3.8, 4) is 17.2 Å². The highest BCUT2D eigenvalue weighted by Crippen LogP contribution is 2.29. The number of halogens is 1. The van der Waals surface area contributed by atoms with E-state index in [-0.39, 0.29) is 5.91 Å². The SMILES string of the molecule is COc1ccc(/C=C/c2cc(OC)cc(OC)c2/C=N/NC(=O)c2cccc(Br)c2)cc1. The molecule has 0 aliphatic rings. The van der Waals surface area contributed by atoms with Crippen molar-refractivity contribution in [1.29, 1.82) is 0 Å². The largest absolute Gasteiger partial charge is 0.497 e. The minimum absolute atomic E-state index is 0.314. The molecule has 3 aromatic rings. The molecule has 164 valence electrons. The van der Waals surface area contributed by atoms with Gasteiger partial charge in [0.1, 0.15) is 17.2 Å². The average Bonchev–Trinajstić information content (AvgIpc) is 2.83. The summed E-state index contributed by atoms with van der Waals surface area (Å²) < 4.78 is 16.9. The van der Waals surface area contributed by atoms with Gasteiger partial charge in [-0.3, -0.25) is 4.79 Å². The van der Waals surface area contributed by atoms with Crippen molar-refractivity contribution in [3.05, 3.63) is 87.4 Å². The number of hydrazone groups is 1. The highest BCUT2D eigenvalue weighted by molar-refractivity contribution is 9.10. The lowest BCUT2D eigenvalue weighted by Gasteiger charge is -2.11. The lowest BCUT2D eigenvalue weighted by molar-refractivity contribution is 0.0955. The summed E-state index contributed by atoms with van der Waals surface area (Å²) in [5.41, 5.74) is 5.57. The van der Waals surface area contributed by atoms with Crippen LogP contribution in [0.2, 0.25) is 0 Å². The van der Waals surface area contributed by atoms with Gasteiger partial charge in [0.05, 0.1) is 27.5 Å². The third-order valence-electron chi connectivity index (χ3n) is 4.62. The summed E-state index contributed by atoms with van der Waals surface area (Å²) in [6, 6.07) is 18.4. The molecule has 0 radical (unpaired) electrons. The van der Waals surface area contributed by atoms with Crippen LogP contribution in [0.1, 0.15) is 27.0 Å². The van der Waals surface area contributed by atoms with Crippen molar-refractivity contribution in [2.45, 2.75) is 0 Å². The van der Waals surface area contributed by atoms with E-state index in [1.165, 1.54) is 0 Å². The normalized spacial score (nSPS) is 11.0. The molecule has 0 saturated carbocycles. The first-order valence-corrected chi connectivity index (χ1v) is 10.5. The number of amides is 1. The zero-order chi connectivity index (χ0) is 22.9. The molecule has 0 bridgehead atoms. The molecule has 1 N–H and O–H groups in total. The van der Waals surface area contributed by atoms with Crippen LogP contribution in [0, 0.1) is 0 Å². The third-order valence-corrected chi connectivity index (χ3v) is 5.11. The number of nitrogens with zero attached hydrogens (tertiary/aromatic N) is 1. The van der Waals surface area contributed by atoms with Crippen molar-refractivity contribution >= 4 is 40.2 Å². The Bertz CT molecular complexity index is 1140. The number of carbonyl (C=O) groups excluding carboxylic acids is 1. The number of carbonyl (C=O) groups is 1. The zero-order valence-corrected chi connectivity index (χ0v) is 19.5. The van der Waals surface area contributed by atoms with E-state index in [0.717, 1.165) is 21.3 Å². The van der Waals surface area contributed by atoms with Gasteiger partial charge in [-0.1, -0.05) is 46.3 Å². The standard InChI is InChI=1S/C25H23BrN2O4/c1-30-21-11-8-17(9-12-21)7-10-18-14-22(31-2)15-24(32-3)23(18)16-27-28-25(29)19-5-4-6-20(26)13-19/h4-16H,1-3H3,(H,28,29)/b10-7+,27-16+. The predicted molar refractivity (Wildman–Crippen MR) is 131 cm³/mol. The molecule has 0 saturated heterocycles. The van der Waals surface area contributed by atoms with E-state index in [2.05, 4.69) is 26.5 Å². The van der Waals surface area contributed by atoms with E-state index in [1.807, 2.05) is 48.6 Å². The van der Waals surface area contributed by atoms with Crippen molar-refractivity contribution in [2.24, 2.45) is 5.10 Å². The van der Waals surface area contributed by atoms with Gasteiger partial charge in [-0.05, 0) is 47.5 Å². The molecular formula is C25H23BrN2O4. The van der Waals surface area contributed by atoms with E-state index in [0.29, 0.717) is 22.6 Å². The van der Waals surface area contributed by atoms with Crippen LogP contribution in [-0.4, -0.2) is 33.5 Å². The maximum atomic E-state index is 12.4. The molecule has 6 nitrogen and oxygen atoms in total. The van der Waals surface area contributed by atoms with Gasteiger partial charge < -0.3 is 14.2 Å². The fourth-order valence-electron chi connectivity index (χ4n) is 2.94. The number of benzene rings is 3. The van der Waals surface area contributed by atoms with Crippen LogP contribution in [0.3, 0.4) is 0 Å². The number of ether oxygens (including phenoxy) is 3. The Hall–Kier alpha value is -3.58. The van der Waals surface area contributed by atoms with Gasteiger partial charge in [0.15, 0.2) is 0 Å². The van der Waals surface area contributed by atoms with Crippen LogP contribution < -0.4 is 19.6 Å². The number of hydrogen-bond acceptors (Lipinski definition) is 5. The van der Waals surface area contributed by atoms with Gasteiger partial charge in [0.25, 0.3) is 5.91 Å². The Balaban J connectivity index is 1.88. The average molecular weight is 495 g/mol. The van der Waals surface area contributed by atoms with Gasteiger partial charge in [-0.15, -0.1) is 0 Å².